The van der Waals surface area contributed by atoms with Crippen molar-refractivity contribution in [2.75, 3.05) is 20.7 Å². The molecular formula is C12H16N2O4. The van der Waals surface area contributed by atoms with Gasteiger partial charge in [0.05, 0.1) is 25.3 Å². The van der Waals surface area contributed by atoms with Crippen molar-refractivity contribution in [1.29, 1.82) is 0 Å². The van der Waals surface area contributed by atoms with Crippen molar-refractivity contribution >= 4 is 11.9 Å². The molecule has 0 saturated carbocycles. The Bertz CT molecular complexity index is 455. The third kappa shape index (κ3) is 2.53. The van der Waals surface area contributed by atoms with Gasteiger partial charge in [0, 0.05) is 13.6 Å². The van der Waals surface area contributed by atoms with Crippen molar-refractivity contribution in [2.24, 2.45) is 0 Å². The first-order valence-electron chi connectivity index (χ1n) is 5.76. The first-order chi connectivity index (χ1) is 8.61. The van der Waals surface area contributed by atoms with Crippen LogP contribution in [0.2, 0.25) is 0 Å². The van der Waals surface area contributed by atoms with Gasteiger partial charge in [-0.2, -0.15) is 0 Å². The summed E-state index contributed by atoms with van der Waals surface area (Å²) in [5.74, 6) is 0.272. The van der Waals surface area contributed by atoms with E-state index in [1.807, 2.05) is 0 Å². The first kappa shape index (κ1) is 12.6. The third-order valence-corrected chi connectivity index (χ3v) is 3.03. The van der Waals surface area contributed by atoms with E-state index < -0.39 is 5.97 Å². The fourth-order valence-electron chi connectivity index (χ4n) is 1.93. The second kappa shape index (κ2) is 5.22. The molecule has 1 aliphatic heterocycles. The highest BCUT2D eigenvalue weighted by Gasteiger charge is 2.28. The predicted octanol–water partition coefficient (Wildman–Crippen LogP) is 0.386. The van der Waals surface area contributed by atoms with Crippen LogP contribution in [0.3, 0.4) is 0 Å². The summed E-state index contributed by atoms with van der Waals surface area (Å²) >= 11 is 0. The van der Waals surface area contributed by atoms with Gasteiger partial charge in [-0.25, -0.2) is 4.79 Å². The number of hydrogen-bond acceptors (Lipinski definition) is 5. The monoisotopic (exact) mass is 252 g/mol. The Kier molecular flexibility index (Phi) is 3.66. The molecule has 0 aliphatic carbocycles. The number of likely N-dealkylation sites (N-methyl/N-ethyl adjacent to an activating group) is 1. The van der Waals surface area contributed by atoms with Crippen molar-refractivity contribution in [3.63, 3.8) is 0 Å². The molecule has 18 heavy (non-hydrogen) atoms. The molecule has 0 radical (unpaired) electrons. The maximum atomic E-state index is 11.6. The van der Waals surface area contributed by atoms with Crippen LogP contribution in [0.4, 0.5) is 0 Å². The standard InChI is InChI=1S/C12H16N2O4/c1-14-4-3-10(11(14)15)13-6-9-5-8(7-18-9)12(16)17-2/h5,7,10,13H,3-4,6H2,1-2H3. The van der Waals surface area contributed by atoms with Crippen LogP contribution >= 0.6 is 0 Å². The molecule has 1 aromatic heterocycles. The maximum Gasteiger partial charge on any atom is 0.341 e. The van der Waals surface area contributed by atoms with E-state index in [4.69, 9.17) is 4.42 Å². The van der Waals surface area contributed by atoms with Crippen LogP contribution in [0.5, 0.6) is 0 Å². The fourth-order valence-corrected chi connectivity index (χ4v) is 1.93. The number of esters is 1. The Morgan fingerprint density at radius 3 is 3.06 bits per heavy atom. The zero-order chi connectivity index (χ0) is 13.1. The summed E-state index contributed by atoms with van der Waals surface area (Å²) in [6.45, 7) is 1.18. The van der Waals surface area contributed by atoms with Gasteiger partial charge in [0.15, 0.2) is 0 Å². The van der Waals surface area contributed by atoms with Gasteiger partial charge in [-0.05, 0) is 12.5 Å². The van der Waals surface area contributed by atoms with E-state index in [2.05, 4.69) is 10.1 Å². The minimum Gasteiger partial charge on any atom is -0.467 e. The van der Waals surface area contributed by atoms with Crippen LogP contribution in [0.25, 0.3) is 0 Å². The fraction of sp³-hybridized carbons (Fsp3) is 0.500. The van der Waals surface area contributed by atoms with Gasteiger partial charge in [0.2, 0.25) is 5.91 Å². The number of rotatable bonds is 4. The van der Waals surface area contributed by atoms with Crippen LogP contribution in [-0.2, 0) is 16.1 Å². The van der Waals surface area contributed by atoms with Gasteiger partial charge in [-0.1, -0.05) is 0 Å². The number of hydrogen-bond donors (Lipinski definition) is 1. The van der Waals surface area contributed by atoms with Crippen LogP contribution < -0.4 is 5.32 Å². The Hall–Kier alpha value is -1.82. The smallest absolute Gasteiger partial charge is 0.341 e. The number of furan rings is 1. The van der Waals surface area contributed by atoms with E-state index in [0.717, 1.165) is 13.0 Å². The normalized spacial score (nSPS) is 19.3. The summed E-state index contributed by atoms with van der Waals surface area (Å²) < 4.78 is 9.80. The third-order valence-electron chi connectivity index (χ3n) is 3.03. The van der Waals surface area contributed by atoms with Crippen molar-refractivity contribution in [2.45, 2.75) is 19.0 Å². The summed E-state index contributed by atoms with van der Waals surface area (Å²) in [6, 6.07) is 1.45. The van der Waals surface area contributed by atoms with Crippen LogP contribution in [0.1, 0.15) is 22.5 Å². The minimum absolute atomic E-state index is 0.0924. The zero-order valence-corrected chi connectivity index (χ0v) is 10.4. The van der Waals surface area contributed by atoms with Crippen LogP contribution in [-0.4, -0.2) is 43.5 Å². The molecular weight excluding hydrogens is 236 g/mol. The molecule has 6 nitrogen and oxygen atoms in total. The summed E-state index contributed by atoms with van der Waals surface area (Å²) in [7, 11) is 3.10. The van der Waals surface area contributed by atoms with E-state index in [-0.39, 0.29) is 11.9 Å². The summed E-state index contributed by atoms with van der Waals surface area (Å²) in [6.07, 6.45) is 2.14. The number of carbonyl (C=O) groups is 2. The molecule has 1 saturated heterocycles. The Morgan fingerprint density at radius 1 is 1.67 bits per heavy atom. The Morgan fingerprint density at radius 2 is 2.44 bits per heavy atom. The second-order valence-electron chi connectivity index (χ2n) is 4.28. The maximum absolute atomic E-state index is 11.6. The van der Waals surface area contributed by atoms with Gasteiger partial charge in [-0.3, -0.25) is 10.1 Å². The summed E-state index contributed by atoms with van der Waals surface area (Å²) in [5, 5.41) is 3.11. The van der Waals surface area contributed by atoms with E-state index >= 15 is 0 Å². The highest BCUT2D eigenvalue weighted by molar-refractivity contribution is 5.89. The summed E-state index contributed by atoms with van der Waals surface area (Å²) in [5.41, 5.74) is 0.379. The molecule has 0 aromatic carbocycles. The van der Waals surface area contributed by atoms with Crippen molar-refractivity contribution in [1.82, 2.24) is 10.2 Å². The average molecular weight is 252 g/mol. The van der Waals surface area contributed by atoms with Crippen molar-refractivity contribution in [3.8, 4) is 0 Å². The highest BCUT2D eigenvalue weighted by Crippen LogP contribution is 2.12. The molecule has 1 aromatic rings. The Balaban J connectivity index is 1.89. The molecule has 1 aliphatic rings. The van der Waals surface area contributed by atoms with E-state index in [1.165, 1.54) is 13.4 Å². The van der Waals surface area contributed by atoms with Gasteiger partial charge in [0.25, 0.3) is 0 Å². The lowest BCUT2D eigenvalue weighted by Gasteiger charge is -2.10. The van der Waals surface area contributed by atoms with Gasteiger partial charge < -0.3 is 14.1 Å². The van der Waals surface area contributed by atoms with Crippen molar-refractivity contribution < 1.29 is 18.7 Å². The molecule has 0 spiro atoms. The molecule has 2 heterocycles. The average Bonchev–Trinajstić information content (AvgIpc) is 2.96. The lowest BCUT2D eigenvalue weighted by Crippen LogP contribution is -2.36. The van der Waals surface area contributed by atoms with Gasteiger partial charge in [-0.15, -0.1) is 0 Å². The number of nitrogens with zero attached hydrogens (tertiary/aromatic N) is 1. The molecule has 2 rings (SSSR count). The van der Waals surface area contributed by atoms with Crippen LogP contribution in [0, 0.1) is 0 Å². The number of methoxy groups -OCH3 is 1. The van der Waals surface area contributed by atoms with Crippen LogP contribution in [0.15, 0.2) is 16.7 Å². The molecule has 0 bridgehead atoms. The zero-order valence-electron chi connectivity index (χ0n) is 10.4. The molecule has 1 amide bonds. The number of ether oxygens (including phenoxy) is 1. The number of amides is 1. The quantitative estimate of drug-likeness (QED) is 0.785. The van der Waals surface area contributed by atoms with E-state index in [0.29, 0.717) is 17.9 Å². The predicted molar refractivity (Wildman–Crippen MR) is 62.9 cm³/mol. The largest absolute Gasteiger partial charge is 0.467 e. The number of nitrogens with one attached hydrogen (secondary N) is 1. The molecule has 1 N–H and O–H groups in total. The number of carbonyl (C=O) groups excluding carboxylic acids is 2. The molecule has 98 valence electrons. The molecule has 6 heteroatoms. The topological polar surface area (TPSA) is 71.8 Å². The highest BCUT2D eigenvalue weighted by atomic mass is 16.5. The summed E-state index contributed by atoms with van der Waals surface area (Å²) in [4.78, 5) is 24.6. The molecule has 1 unspecified atom stereocenters. The SMILES string of the molecule is COC(=O)c1coc(CNC2CCN(C)C2=O)c1. The first-order valence-corrected chi connectivity index (χ1v) is 5.76. The number of likely N-dealkylation sites (tertiary alicyclic amines) is 1. The van der Waals surface area contributed by atoms with E-state index in [1.54, 1.807) is 18.0 Å². The van der Waals surface area contributed by atoms with E-state index in [9.17, 15) is 9.59 Å². The Labute approximate surface area is 105 Å². The lowest BCUT2D eigenvalue weighted by atomic mass is 10.2. The molecule has 1 atom stereocenters. The van der Waals surface area contributed by atoms with Gasteiger partial charge >= 0.3 is 5.97 Å². The van der Waals surface area contributed by atoms with Gasteiger partial charge in [0.1, 0.15) is 12.0 Å². The molecule has 1 fully saturated rings. The second-order valence-corrected chi connectivity index (χ2v) is 4.28. The lowest BCUT2D eigenvalue weighted by molar-refractivity contribution is -0.128. The van der Waals surface area contributed by atoms with Crippen molar-refractivity contribution in [3.05, 3.63) is 23.7 Å². The minimum atomic E-state index is -0.429.